The number of rotatable bonds is 3. The van der Waals surface area contributed by atoms with E-state index in [0.717, 1.165) is 5.75 Å². The molecular formula is C9H14N2S. The van der Waals surface area contributed by atoms with Gasteiger partial charge in [0, 0.05) is 29.1 Å². The fourth-order valence-corrected chi connectivity index (χ4v) is 1.72. The van der Waals surface area contributed by atoms with Crippen LogP contribution in [0.2, 0.25) is 0 Å². The first kappa shape index (κ1) is 9.55. The van der Waals surface area contributed by atoms with Gasteiger partial charge in [-0.2, -0.15) is 0 Å². The Kier molecular flexibility index (Phi) is 3.56. The Balaban J connectivity index is 2.57. The molecule has 0 aliphatic rings. The molecular weight excluding hydrogens is 168 g/mol. The summed E-state index contributed by atoms with van der Waals surface area (Å²) in [5.41, 5.74) is 6.88. The van der Waals surface area contributed by atoms with Crippen molar-refractivity contribution in [2.75, 3.05) is 5.75 Å². The molecule has 0 saturated carbocycles. The Morgan fingerprint density at radius 2 is 2.42 bits per heavy atom. The quantitative estimate of drug-likeness (QED) is 0.725. The van der Waals surface area contributed by atoms with Gasteiger partial charge in [0.15, 0.2) is 0 Å². The van der Waals surface area contributed by atoms with Crippen molar-refractivity contribution in [2.24, 2.45) is 5.73 Å². The summed E-state index contributed by atoms with van der Waals surface area (Å²) in [4.78, 5) is 5.31. The molecule has 1 unspecified atom stereocenters. The summed E-state index contributed by atoms with van der Waals surface area (Å²) in [6.07, 6.45) is 3.69. The van der Waals surface area contributed by atoms with E-state index in [1.807, 2.05) is 25.4 Å². The Labute approximate surface area is 77.6 Å². The molecule has 0 aliphatic carbocycles. The SMILES string of the molecule is Cc1cnccc1SCC(C)N. The van der Waals surface area contributed by atoms with Gasteiger partial charge >= 0.3 is 0 Å². The van der Waals surface area contributed by atoms with Gasteiger partial charge in [0.1, 0.15) is 0 Å². The molecule has 1 aromatic rings. The average Bonchev–Trinajstić information content (AvgIpc) is 2.03. The van der Waals surface area contributed by atoms with Crippen molar-refractivity contribution in [2.45, 2.75) is 24.8 Å². The van der Waals surface area contributed by atoms with Gasteiger partial charge in [-0.15, -0.1) is 11.8 Å². The first-order valence-corrected chi connectivity index (χ1v) is 4.97. The minimum Gasteiger partial charge on any atom is -0.327 e. The summed E-state index contributed by atoms with van der Waals surface area (Å²) in [6, 6.07) is 2.28. The van der Waals surface area contributed by atoms with Crippen LogP contribution in [0.25, 0.3) is 0 Å². The minimum atomic E-state index is 0.252. The fourth-order valence-electron chi connectivity index (χ4n) is 0.844. The van der Waals surface area contributed by atoms with Crippen molar-refractivity contribution in [3.05, 3.63) is 24.0 Å². The van der Waals surface area contributed by atoms with Crippen molar-refractivity contribution in [3.63, 3.8) is 0 Å². The molecule has 1 heterocycles. The Bertz CT molecular complexity index is 248. The zero-order chi connectivity index (χ0) is 8.97. The zero-order valence-electron chi connectivity index (χ0n) is 7.45. The maximum absolute atomic E-state index is 5.65. The molecule has 2 N–H and O–H groups in total. The first-order valence-electron chi connectivity index (χ1n) is 3.99. The first-order chi connectivity index (χ1) is 5.70. The van der Waals surface area contributed by atoms with Crippen molar-refractivity contribution in [1.82, 2.24) is 4.98 Å². The van der Waals surface area contributed by atoms with E-state index >= 15 is 0 Å². The molecule has 12 heavy (non-hydrogen) atoms. The summed E-state index contributed by atoms with van der Waals surface area (Å²) in [6.45, 7) is 4.08. The topological polar surface area (TPSA) is 38.9 Å². The number of pyridine rings is 1. The lowest BCUT2D eigenvalue weighted by atomic mass is 10.3. The summed E-state index contributed by atoms with van der Waals surface area (Å²) in [5, 5.41) is 0. The van der Waals surface area contributed by atoms with Gasteiger partial charge < -0.3 is 5.73 Å². The van der Waals surface area contributed by atoms with Crippen LogP contribution in [0.3, 0.4) is 0 Å². The minimum absolute atomic E-state index is 0.252. The molecule has 0 aromatic carbocycles. The molecule has 0 bridgehead atoms. The lowest BCUT2D eigenvalue weighted by Crippen LogP contribution is -2.17. The van der Waals surface area contributed by atoms with Crippen LogP contribution in [0, 0.1) is 6.92 Å². The summed E-state index contributed by atoms with van der Waals surface area (Å²) in [5.74, 6) is 0.963. The van der Waals surface area contributed by atoms with Crippen LogP contribution >= 0.6 is 11.8 Å². The molecule has 1 atom stereocenters. The predicted molar refractivity (Wildman–Crippen MR) is 53.3 cm³/mol. The van der Waals surface area contributed by atoms with E-state index < -0.39 is 0 Å². The normalized spacial score (nSPS) is 12.9. The third-order valence-electron chi connectivity index (χ3n) is 1.47. The predicted octanol–water partition coefficient (Wildman–Crippen LogP) is 1.83. The molecule has 1 aromatic heterocycles. The monoisotopic (exact) mass is 182 g/mol. The largest absolute Gasteiger partial charge is 0.327 e. The van der Waals surface area contributed by atoms with Crippen molar-refractivity contribution < 1.29 is 0 Å². The number of nitrogens with two attached hydrogens (primary N) is 1. The van der Waals surface area contributed by atoms with E-state index in [0.29, 0.717) is 0 Å². The highest BCUT2D eigenvalue weighted by molar-refractivity contribution is 7.99. The molecule has 0 spiro atoms. The average molecular weight is 182 g/mol. The van der Waals surface area contributed by atoms with Crippen LogP contribution in [0.4, 0.5) is 0 Å². The van der Waals surface area contributed by atoms with Gasteiger partial charge in [-0.25, -0.2) is 0 Å². The van der Waals surface area contributed by atoms with Gasteiger partial charge in [-0.05, 0) is 25.5 Å². The summed E-state index contributed by atoms with van der Waals surface area (Å²) < 4.78 is 0. The number of hydrogen-bond donors (Lipinski definition) is 1. The molecule has 0 fully saturated rings. The van der Waals surface area contributed by atoms with Crippen LogP contribution in [0.5, 0.6) is 0 Å². The number of nitrogens with zero attached hydrogens (tertiary/aromatic N) is 1. The maximum Gasteiger partial charge on any atom is 0.0308 e. The number of aromatic nitrogens is 1. The van der Waals surface area contributed by atoms with E-state index in [-0.39, 0.29) is 6.04 Å². The van der Waals surface area contributed by atoms with Gasteiger partial charge in [-0.3, -0.25) is 4.98 Å². The highest BCUT2D eigenvalue weighted by Crippen LogP contribution is 2.20. The van der Waals surface area contributed by atoms with Crippen LogP contribution in [-0.4, -0.2) is 16.8 Å². The lowest BCUT2D eigenvalue weighted by molar-refractivity contribution is 0.847. The third kappa shape index (κ3) is 2.83. The van der Waals surface area contributed by atoms with E-state index in [1.54, 1.807) is 11.8 Å². The maximum atomic E-state index is 5.65. The van der Waals surface area contributed by atoms with Crippen molar-refractivity contribution in [1.29, 1.82) is 0 Å². The van der Waals surface area contributed by atoms with E-state index in [9.17, 15) is 0 Å². The standard InChI is InChI=1S/C9H14N2S/c1-7-5-11-4-3-9(7)12-6-8(2)10/h3-5,8H,6,10H2,1-2H3. The molecule has 1 rings (SSSR count). The fraction of sp³-hybridized carbons (Fsp3) is 0.444. The summed E-state index contributed by atoms with van der Waals surface area (Å²) in [7, 11) is 0. The van der Waals surface area contributed by atoms with Crippen LogP contribution in [0.15, 0.2) is 23.4 Å². The lowest BCUT2D eigenvalue weighted by Gasteiger charge is -2.06. The smallest absolute Gasteiger partial charge is 0.0308 e. The number of hydrogen-bond acceptors (Lipinski definition) is 3. The second-order valence-electron chi connectivity index (χ2n) is 2.93. The highest BCUT2D eigenvalue weighted by Gasteiger charge is 1.99. The van der Waals surface area contributed by atoms with Gasteiger partial charge in [-0.1, -0.05) is 0 Å². The second-order valence-corrected chi connectivity index (χ2v) is 3.99. The number of aryl methyl sites for hydroxylation is 1. The molecule has 3 heteroatoms. The van der Waals surface area contributed by atoms with Crippen molar-refractivity contribution in [3.8, 4) is 0 Å². The Hall–Kier alpha value is -0.540. The van der Waals surface area contributed by atoms with Gasteiger partial charge in [0.2, 0.25) is 0 Å². The van der Waals surface area contributed by atoms with E-state index in [4.69, 9.17) is 5.73 Å². The molecule has 0 saturated heterocycles. The van der Waals surface area contributed by atoms with E-state index in [1.165, 1.54) is 10.5 Å². The van der Waals surface area contributed by atoms with Gasteiger partial charge in [0.25, 0.3) is 0 Å². The molecule has 0 radical (unpaired) electrons. The zero-order valence-corrected chi connectivity index (χ0v) is 8.27. The molecule has 2 nitrogen and oxygen atoms in total. The van der Waals surface area contributed by atoms with E-state index in [2.05, 4.69) is 11.9 Å². The van der Waals surface area contributed by atoms with Gasteiger partial charge in [0.05, 0.1) is 0 Å². The third-order valence-corrected chi connectivity index (χ3v) is 2.93. The summed E-state index contributed by atoms with van der Waals surface area (Å²) >= 11 is 1.79. The van der Waals surface area contributed by atoms with Crippen LogP contribution in [0.1, 0.15) is 12.5 Å². The molecule has 66 valence electrons. The number of thioether (sulfide) groups is 1. The van der Waals surface area contributed by atoms with Crippen LogP contribution < -0.4 is 5.73 Å². The Morgan fingerprint density at radius 1 is 1.67 bits per heavy atom. The molecule has 0 aliphatic heterocycles. The second kappa shape index (κ2) is 4.48. The highest BCUT2D eigenvalue weighted by atomic mass is 32.2. The van der Waals surface area contributed by atoms with Crippen molar-refractivity contribution >= 4 is 11.8 Å². The van der Waals surface area contributed by atoms with Crippen LogP contribution in [-0.2, 0) is 0 Å². The molecule has 0 amide bonds. The Morgan fingerprint density at radius 3 is 3.00 bits per heavy atom.